The first kappa shape index (κ1) is 11.0. The summed E-state index contributed by atoms with van der Waals surface area (Å²) < 4.78 is 0. The van der Waals surface area contributed by atoms with E-state index in [2.05, 4.69) is 19.3 Å². The van der Waals surface area contributed by atoms with Gasteiger partial charge in [0.25, 0.3) is 0 Å². The van der Waals surface area contributed by atoms with Crippen LogP contribution in [0.15, 0.2) is 0 Å². The molecule has 1 aliphatic rings. The highest BCUT2D eigenvalue weighted by Gasteiger charge is 2.18. The first-order valence-corrected chi connectivity index (χ1v) is 5.70. The lowest BCUT2D eigenvalue weighted by atomic mass is 9.93. The van der Waals surface area contributed by atoms with Gasteiger partial charge in [0.1, 0.15) is 0 Å². The molecule has 1 saturated carbocycles. The maximum Gasteiger partial charge on any atom is 0.0233 e. The molecule has 13 heavy (non-hydrogen) atoms. The molecule has 0 aromatic heterocycles. The zero-order valence-electron chi connectivity index (χ0n) is 9.05. The van der Waals surface area contributed by atoms with E-state index in [-0.39, 0.29) is 0 Å². The highest BCUT2D eigenvalue weighted by Crippen LogP contribution is 2.29. The molecule has 3 N–H and O–H groups in total. The Labute approximate surface area is 82.2 Å². The molecule has 0 aliphatic heterocycles. The second-order valence-electron chi connectivity index (χ2n) is 4.75. The van der Waals surface area contributed by atoms with E-state index in [1.165, 1.54) is 38.5 Å². The largest absolute Gasteiger partial charge is 0.271 e. The summed E-state index contributed by atoms with van der Waals surface area (Å²) in [7, 11) is 0. The lowest BCUT2D eigenvalue weighted by molar-refractivity contribution is 0.343. The fourth-order valence-electron chi connectivity index (χ4n) is 2.32. The van der Waals surface area contributed by atoms with Crippen LogP contribution in [-0.2, 0) is 0 Å². The van der Waals surface area contributed by atoms with E-state index < -0.39 is 0 Å². The van der Waals surface area contributed by atoms with E-state index in [0.29, 0.717) is 12.0 Å². The second kappa shape index (κ2) is 5.61. The summed E-state index contributed by atoms with van der Waals surface area (Å²) in [4.78, 5) is 0. The third-order valence-electron chi connectivity index (χ3n) is 3.38. The third-order valence-corrected chi connectivity index (χ3v) is 3.38. The van der Waals surface area contributed by atoms with E-state index in [1.807, 2.05) is 0 Å². The minimum atomic E-state index is 0.514. The first-order valence-electron chi connectivity index (χ1n) is 5.70. The fraction of sp³-hybridized carbons (Fsp3) is 1.00. The van der Waals surface area contributed by atoms with Gasteiger partial charge in [0, 0.05) is 6.04 Å². The summed E-state index contributed by atoms with van der Waals surface area (Å²) >= 11 is 0. The van der Waals surface area contributed by atoms with E-state index in [4.69, 9.17) is 5.84 Å². The van der Waals surface area contributed by atoms with Gasteiger partial charge in [-0.05, 0) is 24.7 Å². The maximum atomic E-state index is 5.51. The highest BCUT2D eigenvalue weighted by molar-refractivity contribution is 4.73. The van der Waals surface area contributed by atoms with Crippen LogP contribution in [0, 0.1) is 11.8 Å². The van der Waals surface area contributed by atoms with Gasteiger partial charge < -0.3 is 0 Å². The molecule has 1 fully saturated rings. The van der Waals surface area contributed by atoms with Gasteiger partial charge in [-0.1, -0.05) is 39.5 Å². The zero-order valence-corrected chi connectivity index (χ0v) is 9.05. The van der Waals surface area contributed by atoms with Gasteiger partial charge in [-0.15, -0.1) is 0 Å². The molecule has 1 unspecified atom stereocenters. The Hall–Kier alpha value is -0.0800. The van der Waals surface area contributed by atoms with Crippen molar-refractivity contribution in [3.05, 3.63) is 0 Å². The van der Waals surface area contributed by atoms with Crippen LogP contribution in [-0.4, -0.2) is 6.04 Å². The SMILES string of the molecule is CC(C)C(CCC1CCCC1)NN. The van der Waals surface area contributed by atoms with Crippen molar-refractivity contribution >= 4 is 0 Å². The van der Waals surface area contributed by atoms with Crippen molar-refractivity contribution in [2.75, 3.05) is 0 Å². The molecule has 0 bridgehead atoms. The van der Waals surface area contributed by atoms with Crippen LogP contribution in [0.25, 0.3) is 0 Å². The van der Waals surface area contributed by atoms with Gasteiger partial charge >= 0.3 is 0 Å². The van der Waals surface area contributed by atoms with Crippen LogP contribution in [0.1, 0.15) is 52.4 Å². The number of hydrogen-bond acceptors (Lipinski definition) is 2. The Morgan fingerprint density at radius 1 is 1.31 bits per heavy atom. The Bertz CT molecular complexity index is 128. The molecule has 1 atom stereocenters. The minimum absolute atomic E-state index is 0.514. The van der Waals surface area contributed by atoms with E-state index in [9.17, 15) is 0 Å². The van der Waals surface area contributed by atoms with Crippen molar-refractivity contribution in [3.8, 4) is 0 Å². The van der Waals surface area contributed by atoms with Crippen molar-refractivity contribution in [2.24, 2.45) is 17.7 Å². The monoisotopic (exact) mass is 184 g/mol. The van der Waals surface area contributed by atoms with Crippen LogP contribution in [0.3, 0.4) is 0 Å². The van der Waals surface area contributed by atoms with Crippen molar-refractivity contribution in [1.29, 1.82) is 0 Å². The molecular formula is C11H24N2. The summed E-state index contributed by atoms with van der Waals surface area (Å²) in [5.74, 6) is 7.16. The molecule has 1 rings (SSSR count). The van der Waals surface area contributed by atoms with Crippen LogP contribution < -0.4 is 11.3 Å². The van der Waals surface area contributed by atoms with Gasteiger partial charge in [-0.2, -0.15) is 0 Å². The Balaban J connectivity index is 2.15. The average Bonchev–Trinajstić information content (AvgIpc) is 2.57. The summed E-state index contributed by atoms with van der Waals surface area (Å²) in [6.07, 6.45) is 8.43. The van der Waals surface area contributed by atoms with Crippen LogP contribution in [0.5, 0.6) is 0 Å². The topological polar surface area (TPSA) is 38.0 Å². The van der Waals surface area contributed by atoms with Gasteiger partial charge in [0.2, 0.25) is 0 Å². The minimum Gasteiger partial charge on any atom is -0.271 e. The second-order valence-corrected chi connectivity index (χ2v) is 4.75. The van der Waals surface area contributed by atoms with Gasteiger partial charge in [-0.3, -0.25) is 11.3 Å². The van der Waals surface area contributed by atoms with Crippen LogP contribution in [0.4, 0.5) is 0 Å². The number of hydrazine groups is 1. The van der Waals surface area contributed by atoms with Gasteiger partial charge in [-0.25, -0.2) is 0 Å². The molecule has 0 saturated heterocycles. The molecule has 2 heteroatoms. The summed E-state index contributed by atoms with van der Waals surface area (Å²) in [5.41, 5.74) is 2.93. The average molecular weight is 184 g/mol. The van der Waals surface area contributed by atoms with Crippen LogP contribution >= 0.6 is 0 Å². The Morgan fingerprint density at radius 2 is 1.92 bits per heavy atom. The molecule has 0 heterocycles. The molecular weight excluding hydrogens is 160 g/mol. The fourth-order valence-corrected chi connectivity index (χ4v) is 2.32. The Morgan fingerprint density at radius 3 is 2.38 bits per heavy atom. The smallest absolute Gasteiger partial charge is 0.0233 e. The number of nitrogens with one attached hydrogen (secondary N) is 1. The first-order chi connectivity index (χ1) is 6.24. The number of hydrogen-bond donors (Lipinski definition) is 2. The highest BCUT2D eigenvalue weighted by atomic mass is 15.2. The molecule has 0 aromatic rings. The van der Waals surface area contributed by atoms with Crippen molar-refractivity contribution < 1.29 is 0 Å². The lowest BCUT2D eigenvalue weighted by Gasteiger charge is -2.21. The van der Waals surface area contributed by atoms with Crippen molar-refractivity contribution in [1.82, 2.24) is 5.43 Å². The molecule has 78 valence electrons. The van der Waals surface area contributed by atoms with Gasteiger partial charge in [0.05, 0.1) is 0 Å². The number of nitrogens with two attached hydrogens (primary N) is 1. The standard InChI is InChI=1S/C11H24N2/c1-9(2)11(13-12)8-7-10-5-3-4-6-10/h9-11,13H,3-8,12H2,1-2H3. The molecule has 0 spiro atoms. The molecule has 1 aliphatic carbocycles. The summed E-state index contributed by atoms with van der Waals surface area (Å²) in [5, 5.41) is 0. The summed E-state index contributed by atoms with van der Waals surface area (Å²) in [6, 6.07) is 0.514. The van der Waals surface area contributed by atoms with Gasteiger partial charge in [0.15, 0.2) is 0 Å². The third kappa shape index (κ3) is 3.65. The number of rotatable bonds is 5. The molecule has 0 aromatic carbocycles. The van der Waals surface area contributed by atoms with Crippen molar-refractivity contribution in [3.63, 3.8) is 0 Å². The predicted molar refractivity (Wildman–Crippen MR) is 57.1 cm³/mol. The van der Waals surface area contributed by atoms with Crippen LogP contribution in [0.2, 0.25) is 0 Å². The van der Waals surface area contributed by atoms with E-state index in [1.54, 1.807) is 0 Å². The zero-order chi connectivity index (χ0) is 9.68. The molecule has 0 amide bonds. The van der Waals surface area contributed by atoms with E-state index >= 15 is 0 Å². The quantitative estimate of drug-likeness (QED) is 0.509. The Kier molecular flexibility index (Phi) is 4.74. The summed E-state index contributed by atoms with van der Waals surface area (Å²) in [6.45, 7) is 4.47. The normalized spacial score (nSPS) is 21.2. The molecule has 2 nitrogen and oxygen atoms in total. The van der Waals surface area contributed by atoms with Crippen molar-refractivity contribution in [2.45, 2.75) is 58.4 Å². The van der Waals surface area contributed by atoms with E-state index in [0.717, 1.165) is 5.92 Å². The predicted octanol–water partition coefficient (Wildman–Crippen LogP) is 2.44. The lowest BCUT2D eigenvalue weighted by Crippen LogP contribution is -2.39. The maximum absolute atomic E-state index is 5.51. The molecule has 0 radical (unpaired) electrons.